The predicted octanol–water partition coefficient (Wildman–Crippen LogP) is 2.59. The molecule has 0 saturated carbocycles. The molecule has 1 fully saturated rings. The molecule has 1 aromatic heterocycles. The molecule has 2 heterocycles. The second-order valence-electron chi connectivity index (χ2n) is 8.85. The summed E-state index contributed by atoms with van der Waals surface area (Å²) in [6, 6.07) is 7.13. The Labute approximate surface area is 225 Å². The number of nitrogens with zero attached hydrogens (tertiary/aromatic N) is 1. The molecule has 12 nitrogen and oxygen atoms in total. The summed E-state index contributed by atoms with van der Waals surface area (Å²) in [7, 11) is -4.54. The van der Waals surface area contributed by atoms with Crippen LogP contribution in [0.2, 0.25) is 0 Å². The minimum absolute atomic E-state index is 0.0230. The molecular weight excluding hydrogens is 570 g/mol. The Kier molecular flexibility index (Phi) is 9.43. The SMILES string of the molecule is CC(C)OC(=O)C(C)NP(=O)(OCC1OC(n2ccc(=O)[nH]c2=S)C(O)(C(F)(F)F)C1O)Oc1ccccc1. The fraction of sp³-hybridized carbons (Fsp3) is 0.500. The number of ether oxygens (including phenoxy) is 2. The van der Waals surface area contributed by atoms with Crippen molar-refractivity contribution in [2.75, 3.05) is 6.61 Å². The van der Waals surface area contributed by atoms with Gasteiger partial charge in [-0.2, -0.15) is 18.3 Å². The average Bonchev–Trinajstić information content (AvgIpc) is 3.09. The van der Waals surface area contributed by atoms with Gasteiger partial charge >= 0.3 is 19.9 Å². The molecule has 1 saturated heterocycles. The molecule has 4 N–H and O–H groups in total. The van der Waals surface area contributed by atoms with Crippen LogP contribution in [-0.2, 0) is 23.4 Å². The molecule has 6 unspecified atom stereocenters. The number of benzene rings is 1. The molecule has 3 rings (SSSR count). The van der Waals surface area contributed by atoms with Crippen LogP contribution in [0.3, 0.4) is 0 Å². The van der Waals surface area contributed by atoms with Gasteiger partial charge in [0.2, 0.25) is 5.60 Å². The molecule has 216 valence electrons. The number of H-pyrrole nitrogens is 1. The second-order valence-corrected chi connectivity index (χ2v) is 10.9. The van der Waals surface area contributed by atoms with Crippen LogP contribution in [0.1, 0.15) is 27.0 Å². The Bertz CT molecular complexity index is 1320. The predicted molar refractivity (Wildman–Crippen MR) is 131 cm³/mol. The lowest BCUT2D eigenvalue weighted by Gasteiger charge is -2.33. The van der Waals surface area contributed by atoms with Crippen molar-refractivity contribution in [3.05, 3.63) is 57.7 Å². The van der Waals surface area contributed by atoms with Crippen molar-refractivity contribution in [3.63, 3.8) is 0 Å². The van der Waals surface area contributed by atoms with E-state index in [0.29, 0.717) is 4.57 Å². The molecule has 0 radical (unpaired) electrons. The third-order valence-corrected chi connectivity index (χ3v) is 7.43. The Balaban J connectivity index is 1.90. The Morgan fingerprint density at radius 2 is 1.92 bits per heavy atom. The maximum atomic E-state index is 14.0. The number of alkyl halides is 3. The number of aromatic nitrogens is 2. The highest BCUT2D eigenvalue weighted by atomic mass is 32.1. The largest absolute Gasteiger partial charge is 0.462 e. The van der Waals surface area contributed by atoms with Gasteiger partial charge in [0, 0.05) is 12.3 Å². The topological polar surface area (TPSA) is 161 Å². The molecule has 1 aromatic carbocycles. The van der Waals surface area contributed by atoms with Crippen LogP contribution in [-0.4, -0.2) is 68.5 Å². The van der Waals surface area contributed by atoms with Crippen LogP contribution in [0.4, 0.5) is 13.2 Å². The van der Waals surface area contributed by atoms with Gasteiger partial charge in [-0.05, 0) is 45.1 Å². The van der Waals surface area contributed by atoms with Gasteiger partial charge in [0.05, 0.1) is 12.7 Å². The minimum Gasteiger partial charge on any atom is -0.462 e. The molecular formula is C22H27F3N3O9PS. The van der Waals surface area contributed by atoms with E-state index in [9.17, 15) is 37.5 Å². The van der Waals surface area contributed by atoms with Crippen LogP contribution < -0.4 is 15.2 Å². The van der Waals surface area contributed by atoms with Gasteiger partial charge in [0.1, 0.15) is 24.0 Å². The zero-order valence-corrected chi connectivity index (χ0v) is 22.5. The average molecular weight is 598 g/mol. The Hall–Kier alpha value is -2.59. The number of aliphatic hydroxyl groups excluding tert-OH is 1. The van der Waals surface area contributed by atoms with Gasteiger partial charge in [-0.25, -0.2) is 4.57 Å². The first-order valence-corrected chi connectivity index (χ1v) is 13.4. The molecule has 0 spiro atoms. The van der Waals surface area contributed by atoms with Gasteiger partial charge in [-0.15, -0.1) is 0 Å². The molecule has 39 heavy (non-hydrogen) atoms. The van der Waals surface area contributed by atoms with Gasteiger partial charge < -0.3 is 24.2 Å². The third kappa shape index (κ3) is 6.95. The van der Waals surface area contributed by atoms with Gasteiger partial charge in [0.25, 0.3) is 5.56 Å². The van der Waals surface area contributed by atoms with Crippen LogP contribution >= 0.6 is 20.0 Å². The van der Waals surface area contributed by atoms with Gasteiger partial charge in [-0.1, -0.05) is 18.2 Å². The molecule has 1 aliphatic rings. The lowest BCUT2D eigenvalue weighted by atomic mass is 9.93. The van der Waals surface area contributed by atoms with E-state index in [1.54, 1.807) is 32.0 Å². The maximum Gasteiger partial charge on any atom is 0.459 e. The number of halogens is 3. The van der Waals surface area contributed by atoms with Crippen LogP contribution in [0, 0.1) is 4.77 Å². The summed E-state index contributed by atoms with van der Waals surface area (Å²) < 4.78 is 76.9. The number of hydrogen-bond donors (Lipinski definition) is 4. The van der Waals surface area contributed by atoms with Crippen molar-refractivity contribution in [3.8, 4) is 5.75 Å². The summed E-state index contributed by atoms with van der Waals surface area (Å²) in [5.41, 5.74) is -4.63. The monoisotopic (exact) mass is 597 g/mol. The standard InChI is InChI=1S/C22H27F3N3O9PS/c1-12(2)35-18(31)13(3)27-38(33,37-14-7-5-4-6-8-14)34-11-15-17(30)21(32,22(23,24)25)19(36-15)28-10-9-16(29)26-20(28)39/h4-10,12-13,15,17,19,30,32H,11H2,1-3H3,(H,27,33)(H,26,29,39). The van der Waals surface area contributed by atoms with Gasteiger partial charge in [-0.3, -0.25) is 23.7 Å². The highest BCUT2D eigenvalue weighted by molar-refractivity contribution is 7.71. The number of carbonyl (C=O) groups excluding carboxylic acids is 1. The van der Waals surface area contributed by atoms with Crippen molar-refractivity contribution >= 4 is 25.9 Å². The maximum absolute atomic E-state index is 14.0. The first kappa shape index (κ1) is 30.9. The highest BCUT2D eigenvalue weighted by Gasteiger charge is 2.71. The summed E-state index contributed by atoms with van der Waals surface area (Å²) in [4.78, 5) is 25.9. The first-order valence-electron chi connectivity index (χ1n) is 11.5. The molecule has 0 aliphatic carbocycles. The van der Waals surface area contributed by atoms with Crippen molar-refractivity contribution in [2.24, 2.45) is 0 Å². The Morgan fingerprint density at radius 3 is 2.49 bits per heavy atom. The zero-order chi connectivity index (χ0) is 29.2. The first-order chi connectivity index (χ1) is 18.1. The van der Waals surface area contributed by atoms with E-state index in [0.717, 1.165) is 12.3 Å². The molecule has 0 bridgehead atoms. The van der Waals surface area contributed by atoms with E-state index >= 15 is 0 Å². The van der Waals surface area contributed by atoms with Crippen molar-refractivity contribution in [1.82, 2.24) is 14.6 Å². The zero-order valence-electron chi connectivity index (χ0n) is 20.8. The van der Waals surface area contributed by atoms with E-state index in [1.807, 2.05) is 0 Å². The summed E-state index contributed by atoms with van der Waals surface area (Å²) >= 11 is 4.89. The number of aliphatic hydroxyl groups is 2. The number of esters is 1. The van der Waals surface area contributed by atoms with E-state index in [2.05, 4.69) is 10.1 Å². The fourth-order valence-corrected chi connectivity index (χ4v) is 5.37. The number of aromatic amines is 1. The summed E-state index contributed by atoms with van der Waals surface area (Å²) in [5, 5.41) is 23.6. The van der Waals surface area contributed by atoms with E-state index < -0.39 is 73.0 Å². The number of nitrogens with one attached hydrogen (secondary N) is 2. The number of hydrogen-bond acceptors (Lipinski definition) is 10. The lowest BCUT2D eigenvalue weighted by Crippen LogP contribution is -2.58. The highest BCUT2D eigenvalue weighted by Crippen LogP contribution is 2.50. The van der Waals surface area contributed by atoms with Crippen molar-refractivity contribution in [1.29, 1.82) is 0 Å². The second kappa shape index (κ2) is 11.9. The third-order valence-electron chi connectivity index (χ3n) is 5.48. The quantitative estimate of drug-likeness (QED) is 0.181. The fourth-order valence-electron chi connectivity index (χ4n) is 3.61. The van der Waals surface area contributed by atoms with Gasteiger partial charge in [0.15, 0.2) is 11.0 Å². The lowest BCUT2D eigenvalue weighted by molar-refractivity contribution is -0.304. The summed E-state index contributed by atoms with van der Waals surface area (Å²) in [6.45, 7) is 3.47. The molecule has 1 aliphatic heterocycles. The van der Waals surface area contributed by atoms with Crippen LogP contribution in [0.15, 0.2) is 47.4 Å². The van der Waals surface area contributed by atoms with Crippen LogP contribution in [0.5, 0.6) is 5.75 Å². The van der Waals surface area contributed by atoms with E-state index in [4.69, 9.17) is 30.7 Å². The van der Waals surface area contributed by atoms with E-state index in [1.165, 1.54) is 19.1 Å². The summed E-state index contributed by atoms with van der Waals surface area (Å²) in [5.74, 6) is -0.795. The van der Waals surface area contributed by atoms with E-state index in [-0.39, 0.29) is 5.75 Å². The number of rotatable bonds is 10. The summed E-state index contributed by atoms with van der Waals surface area (Å²) in [6.07, 6.45) is -12.0. The normalized spacial score (nSPS) is 25.7. The smallest absolute Gasteiger partial charge is 0.459 e. The van der Waals surface area contributed by atoms with Crippen LogP contribution in [0.25, 0.3) is 0 Å². The number of carbonyl (C=O) groups is 1. The molecule has 17 heteroatoms. The Morgan fingerprint density at radius 1 is 1.28 bits per heavy atom. The molecule has 0 amide bonds. The minimum atomic E-state index is -5.45. The van der Waals surface area contributed by atoms with Crippen molar-refractivity contribution in [2.45, 2.75) is 63.1 Å². The number of para-hydroxylation sites is 1. The molecule has 6 atom stereocenters. The molecule has 2 aromatic rings. The van der Waals surface area contributed by atoms with Crippen molar-refractivity contribution < 1.29 is 51.3 Å².